The minimum atomic E-state index is 0.156. The first-order valence-corrected chi connectivity index (χ1v) is 6.49. The molecule has 0 unspecified atom stereocenters. The quantitative estimate of drug-likeness (QED) is 0.767. The summed E-state index contributed by atoms with van der Waals surface area (Å²) in [6.07, 6.45) is 2.94. The van der Waals surface area contributed by atoms with Gasteiger partial charge in [0.25, 0.3) is 5.95 Å². The summed E-state index contributed by atoms with van der Waals surface area (Å²) in [5, 5.41) is 4.01. The van der Waals surface area contributed by atoms with Crippen LogP contribution in [0.5, 0.6) is 0 Å². The van der Waals surface area contributed by atoms with E-state index in [2.05, 4.69) is 51.0 Å². The summed E-state index contributed by atoms with van der Waals surface area (Å²) >= 11 is 0. The molecule has 0 bridgehead atoms. The van der Waals surface area contributed by atoms with E-state index < -0.39 is 0 Å². The zero-order chi connectivity index (χ0) is 15.0. The zero-order valence-electron chi connectivity index (χ0n) is 12.1. The second-order valence-corrected chi connectivity index (χ2v) is 4.91. The van der Waals surface area contributed by atoms with E-state index in [0.717, 1.165) is 11.1 Å². The van der Waals surface area contributed by atoms with Crippen LogP contribution in [0.15, 0.2) is 24.8 Å². The van der Waals surface area contributed by atoms with E-state index in [1.54, 1.807) is 0 Å². The number of nitrogen functional groups attached to an aromatic ring is 1. The summed E-state index contributed by atoms with van der Waals surface area (Å²) < 4.78 is 1.46. The van der Waals surface area contributed by atoms with Gasteiger partial charge in [0, 0.05) is 5.56 Å². The van der Waals surface area contributed by atoms with Crippen molar-refractivity contribution in [1.82, 2.24) is 29.7 Å². The Morgan fingerprint density at radius 1 is 0.952 bits per heavy atom. The Labute approximate surface area is 121 Å². The highest BCUT2D eigenvalue weighted by Crippen LogP contribution is 2.24. The van der Waals surface area contributed by atoms with Crippen LogP contribution in [0.3, 0.4) is 0 Å². The normalized spacial score (nSPS) is 10.8. The lowest BCUT2D eigenvalue weighted by Crippen LogP contribution is -2.08. The summed E-state index contributed by atoms with van der Waals surface area (Å²) in [6, 6.07) is 4.17. The fraction of sp³-hybridized carbons (Fsp3) is 0.214. The van der Waals surface area contributed by atoms with Crippen LogP contribution >= 0.6 is 0 Å². The van der Waals surface area contributed by atoms with Crippen molar-refractivity contribution in [3.05, 3.63) is 41.5 Å². The Hall–Kier alpha value is -2.83. The van der Waals surface area contributed by atoms with Crippen molar-refractivity contribution in [2.24, 2.45) is 0 Å². The van der Waals surface area contributed by atoms with E-state index in [1.165, 1.54) is 28.5 Å². The van der Waals surface area contributed by atoms with Crippen LogP contribution in [-0.2, 0) is 0 Å². The molecular formula is C14H15N7. The summed E-state index contributed by atoms with van der Waals surface area (Å²) in [6.45, 7) is 6.16. The van der Waals surface area contributed by atoms with Crippen LogP contribution in [0, 0.1) is 20.8 Å². The number of aromatic nitrogens is 6. The van der Waals surface area contributed by atoms with Gasteiger partial charge in [-0.05, 0) is 43.5 Å². The van der Waals surface area contributed by atoms with E-state index in [1.807, 2.05) is 6.92 Å². The highest BCUT2D eigenvalue weighted by Gasteiger charge is 2.12. The standard InChI is InChI=1S/C14H15N7/c1-8-4-10(3)11(5-9(8)2)12-18-13(15)20-14(19-12)21-7-16-6-17-21/h4-7H,1-3H3,(H2,15,18,19,20). The SMILES string of the molecule is Cc1cc(C)c(-c2nc(N)nc(-n3cncn3)n2)cc1C. The van der Waals surface area contributed by atoms with E-state index in [-0.39, 0.29) is 5.95 Å². The summed E-state index contributed by atoms with van der Waals surface area (Å²) in [5.74, 6) is 1.05. The molecule has 0 radical (unpaired) electrons. The first kappa shape index (κ1) is 13.2. The Morgan fingerprint density at radius 3 is 2.43 bits per heavy atom. The summed E-state index contributed by atoms with van der Waals surface area (Å²) in [5.41, 5.74) is 10.2. The third-order valence-corrected chi connectivity index (χ3v) is 3.35. The number of aryl methyl sites for hydroxylation is 3. The van der Waals surface area contributed by atoms with Crippen LogP contribution in [0.25, 0.3) is 17.3 Å². The number of nitrogens with two attached hydrogens (primary N) is 1. The molecule has 0 fully saturated rings. The number of anilines is 1. The molecule has 1 aromatic carbocycles. The van der Waals surface area contributed by atoms with E-state index >= 15 is 0 Å². The van der Waals surface area contributed by atoms with Crippen LogP contribution in [0.4, 0.5) is 5.95 Å². The Bertz CT molecular complexity index is 793. The molecular weight excluding hydrogens is 266 g/mol. The molecule has 0 aliphatic carbocycles. The van der Waals surface area contributed by atoms with Crippen LogP contribution in [-0.4, -0.2) is 29.7 Å². The van der Waals surface area contributed by atoms with Crippen molar-refractivity contribution in [1.29, 1.82) is 0 Å². The van der Waals surface area contributed by atoms with Gasteiger partial charge in [-0.15, -0.1) is 0 Å². The van der Waals surface area contributed by atoms with E-state index in [0.29, 0.717) is 11.8 Å². The monoisotopic (exact) mass is 281 g/mol. The fourth-order valence-corrected chi connectivity index (χ4v) is 2.12. The molecule has 0 aliphatic heterocycles. The average Bonchev–Trinajstić information content (AvgIpc) is 2.96. The van der Waals surface area contributed by atoms with Gasteiger partial charge in [0.05, 0.1) is 0 Å². The van der Waals surface area contributed by atoms with Gasteiger partial charge in [-0.1, -0.05) is 6.07 Å². The van der Waals surface area contributed by atoms with Crippen molar-refractivity contribution >= 4 is 5.95 Å². The molecule has 0 saturated carbocycles. The molecule has 0 amide bonds. The van der Waals surface area contributed by atoms with Gasteiger partial charge in [0.1, 0.15) is 12.7 Å². The van der Waals surface area contributed by atoms with Crippen molar-refractivity contribution in [2.75, 3.05) is 5.73 Å². The van der Waals surface area contributed by atoms with Crippen LogP contribution in [0.2, 0.25) is 0 Å². The molecule has 0 saturated heterocycles. The summed E-state index contributed by atoms with van der Waals surface area (Å²) in [4.78, 5) is 16.6. The first-order valence-electron chi connectivity index (χ1n) is 6.49. The smallest absolute Gasteiger partial charge is 0.257 e. The molecule has 0 aliphatic rings. The van der Waals surface area contributed by atoms with E-state index in [4.69, 9.17) is 5.73 Å². The molecule has 106 valence electrons. The third kappa shape index (κ3) is 2.45. The van der Waals surface area contributed by atoms with Gasteiger partial charge in [0.2, 0.25) is 5.95 Å². The zero-order valence-corrected chi connectivity index (χ0v) is 12.1. The summed E-state index contributed by atoms with van der Waals surface area (Å²) in [7, 11) is 0. The molecule has 2 N–H and O–H groups in total. The van der Waals surface area contributed by atoms with Crippen molar-refractivity contribution in [3.63, 3.8) is 0 Å². The minimum absolute atomic E-state index is 0.156. The molecule has 2 heterocycles. The minimum Gasteiger partial charge on any atom is -0.368 e. The maximum Gasteiger partial charge on any atom is 0.257 e. The molecule has 3 aromatic rings. The van der Waals surface area contributed by atoms with Gasteiger partial charge in [0.15, 0.2) is 5.82 Å². The molecule has 21 heavy (non-hydrogen) atoms. The Balaban J connectivity index is 2.17. The maximum atomic E-state index is 5.80. The topological polar surface area (TPSA) is 95.4 Å². The first-order chi connectivity index (χ1) is 10.0. The highest BCUT2D eigenvalue weighted by atomic mass is 15.4. The van der Waals surface area contributed by atoms with Crippen LogP contribution < -0.4 is 5.73 Å². The lowest BCUT2D eigenvalue weighted by atomic mass is 10.0. The predicted octanol–water partition coefficient (Wildman–Crippen LogP) is 1.63. The average molecular weight is 281 g/mol. The highest BCUT2D eigenvalue weighted by molar-refractivity contribution is 5.63. The maximum absolute atomic E-state index is 5.80. The number of benzene rings is 1. The number of rotatable bonds is 2. The molecule has 7 heteroatoms. The second-order valence-electron chi connectivity index (χ2n) is 4.91. The number of nitrogens with zero attached hydrogens (tertiary/aromatic N) is 6. The lowest BCUT2D eigenvalue weighted by Gasteiger charge is -2.10. The molecule has 0 spiro atoms. The molecule has 2 aromatic heterocycles. The fourth-order valence-electron chi connectivity index (χ4n) is 2.12. The predicted molar refractivity (Wildman–Crippen MR) is 78.8 cm³/mol. The van der Waals surface area contributed by atoms with E-state index in [9.17, 15) is 0 Å². The molecule has 7 nitrogen and oxygen atoms in total. The Morgan fingerprint density at radius 2 is 1.71 bits per heavy atom. The van der Waals surface area contributed by atoms with Gasteiger partial charge >= 0.3 is 0 Å². The van der Waals surface area contributed by atoms with Crippen molar-refractivity contribution < 1.29 is 0 Å². The van der Waals surface area contributed by atoms with Gasteiger partial charge in [-0.3, -0.25) is 0 Å². The van der Waals surface area contributed by atoms with Crippen molar-refractivity contribution in [2.45, 2.75) is 20.8 Å². The molecule has 3 rings (SSSR count). The number of hydrogen-bond acceptors (Lipinski definition) is 6. The van der Waals surface area contributed by atoms with Crippen LogP contribution in [0.1, 0.15) is 16.7 Å². The van der Waals surface area contributed by atoms with Gasteiger partial charge < -0.3 is 5.73 Å². The van der Waals surface area contributed by atoms with Gasteiger partial charge in [-0.25, -0.2) is 4.98 Å². The molecule has 0 atom stereocenters. The Kier molecular flexibility index (Phi) is 3.09. The third-order valence-electron chi connectivity index (χ3n) is 3.35. The lowest BCUT2D eigenvalue weighted by molar-refractivity contribution is 0.799. The van der Waals surface area contributed by atoms with Gasteiger partial charge in [-0.2, -0.15) is 24.7 Å². The number of hydrogen-bond donors (Lipinski definition) is 1. The van der Waals surface area contributed by atoms with Crippen molar-refractivity contribution in [3.8, 4) is 17.3 Å². The largest absolute Gasteiger partial charge is 0.368 e. The second kappa shape index (κ2) is 4.93.